The van der Waals surface area contributed by atoms with E-state index in [1.54, 1.807) is 18.0 Å². The summed E-state index contributed by atoms with van der Waals surface area (Å²) in [4.78, 5) is 26.4. The molecule has 0 aliphatic carbocycles. The number of aromatic nitrogens is 4. The van der Waals surface area contributed by atoms with Crippen LogP contribution in [0.3, 0.4) is 0 Å². The summed E-state index contributed by atoms with van der Waals surface area (Å²) >= 11 is 0. The molecule has 162 valence electrons. The lowest BCUT2D eigenvalue weighted by molar-refractivity contribution is -0.0488. The van der Waals surface area contributed by atoms with Gasteiger partial charge in [0.1, 0.15) is 11.4 Å². The van der Waals surface area contributed by atoms with E-state index in [0.29, 0.717) is 23.8 Å². The summed E-state index contributed by atoms with van der Waals surface area (Å²) in [5.74, 6) is 1.16. The van der Waals surface area contributed by atoms with Crippen molar-refractivity contribution < 1.29 is 9.53 Å². The van der Waals surface area contributed by atoms with Crippen LogP contribution in [0.25, 0.3) is 17.1 Å². The summed E-state index contributed by atoms with van der Waals surface area (Å²) in [6, 6.07) is 11.7. The Morgan fingerprint density at radius 2 is 1.94 bits per heavy atom. The maximum absolute atomic E-state index is 13.4. The molecule has 1 aliphatic heterocycles. The predicted molar refractivity (Wildman–Crippen MR) is 118 cm³/mol. The SMILES string of the molecule is COc1ccccc1-n1nc(C(=O)N2CC(N(C)C)C2(C)C)nc1-c1ccc(C)nc1. The molecule has 3 heterocycles. The Hall–Kier alpha value is -3.26. The molecule has 1 saturated heterocycles. The molecule has 4 rings (SSSR count). The summed E-state index contributed by atoms with van der Waals surface area (Å²) in [7, 11) is 5.68. The number of benzene rings is 1. The number of pyridine rings is 1. The molecular formula is C23H28N6O2. The largest absolute Gasteiger partial charge is 0.494 e. The van der Waals surface area contributed by atoms with Crippen molar-refractivity contribution in [2.75, 3.05) is 27.7 Å². The molecule has 1 fully saturated rings. The third kappa shape index (κ3) is 3.57. The van der Waals surface area contributed by atoms with Gasteiger partial charge >= 0.3 is 0 Å². The molecule has 1 atom stereocenters. The molecule has 0 N–H and O–H groups in total. The van der Waals surface area contributed by atoms with Gasteiger partial charge in [0.25, 0.3) is 5.91 Å². The Morgan fingerprint density at radius 3 is 2.55 bits per heavy atom. The molecule has 2 aromatic heterocycles. The van der Waals surface area contributed by atoms with E-state index in [-0.39, 0.29) is 23.3 Å². The summed E-state index contributed by atoms with van der Waals surface area (Å²) in [6.07, 6.45) is 1.75. The van der Waals surface area contributed by atoms with Gasteiger partial charge in [-0.3, -0.25) is 9.78 Å². The Kier molecular flexibility index (Phi) is 5.26. The van der Waals surface area contributed by atoms with Crippen molar-refractivity contribution in [3.63, 3.8) is 0 Å². The second kappa shape index (κ2) is 7.77. The zero-order valence-electron chi connectivity index (χ0n) is 18.8. The van der Waals surface area contributed by atoms with Crippen LogP contribution >= 0.6 is 0 Å². The number of carbonyl (C=O) groups is 1. The maximum Gasteiger partial charge on any atom is 0.294 e. The molecule has 0 saturated carbocycles. The molecule has 1 aliphatic rings. The van der Waals surface area contributed by atoms with Crippen LogP contribution in [0.2, 0.25) is 0 Å². The van der Waals surface area contributed by atoms with Crippen molar-refractivity contribution in [3.05, 3.63) is 54.1 Å². The molecule has 1 aromatic carbocycles. The number of aryl methyl sites for hydroxylation is 1. The zero-order valence-corrected chi connectivity index (χ0v) is 18.8. The van der Waals surface area contributed by atoms with Crippen molar-refractivity contribution in [3.8, 4) is 22.8 Å². The summed E-state index contributed by atoms with van der Waals surface area (Å²) in [5, 5.41) is 4.62. The van der Waals surface area contributed by atoms with Crippen LogP contribution in [0.1, 0.15) is 30.2 Å². The fourth-order valence-electron chi connectivity index (χ4n) is 4.12. The number of hydrogen-bond acceptors (Lipinski definition) is 6. The van der Waals surface area contributed by atoms with Crippen molar-refractivity contribution >= 4 is 5.91 Å². The van der Waals surface area contributed by atoms with Crippen molar-refractivity contribution in [2.24, 2.45) is 0 Å². The van der Waals surface area contributed by atoms with Crippen molar-refractivity contribution in [1.82, 2.24) is 29.5 Å². The molecule has 1 unspecified atom stereocenters. The van der Waals surface area contributed by atoms with E-state index in [9.17, 15) is 4.79 Å². The minimum atomic E-state index is -0.304. The van der Waals surface area contributed by atoms with Crippen molar-refractivity contribution in [1.29, 1.82) is 0 Å². The quantitative estimate of drug-likeness (QED) is 0.632. The average molecular weight is 421 g/mol. The molecule has 0 bridgehead atoms. The minimum absolute atomic E-state index is 0.159. The van der Waals surface area contributed by atoms with Crippen LogP contribution in [0.15, 0.2) is 42.6 Å². The highest BCUT2D eigenvalue weighted by Gasteiger charge is 2.50. The highest BCUT2D eigenvalue weighted by molar-refractivity contribution is 5.92. The van der Waals surface area contributed by atoms with Crippen LogP contribution in [0.4, 0.5) is 0 Å². The Bertz CT molecular complexity index is 1100. The third-order valence-corrected chi connectivity index (χ3v) is 6.02. The van der Waals surface area contributed by atoms with Gasteiger partial charge in [0.05, 0.1) is 12.6 Å². The number of likely N-dealkylation sites (N-methyl/N-ethyl adjacent to an activating group) is 1. The van der Waals surface area contributed by atoms with E-state index in [4.69, 9.17) is 4.74 Å². The Morgan fingerprint density at radius 1 is 1.19 bits per heavy atom. The molecule has 0 spiro atoms. The zero-order chi connectivity index (χ0) is 22.3. The number of ether oxygens (including phenoxy) is 1. The Balaban J connectivity index is 1.79. The van der Waals surface area contributed by atoms with Gasteiger partial charge < -0.3 is 14.5 Å². The molecule has 8 heteroatoms. The first-order valence-electron chi connectivity index (χ1n) is 10.3. The maximum atomic E-state index is 13.4. The van der Waals surface area contributed by atoms with Crippen molar-refractivity contribution in [2.45, 2.75) is 32.4 Å². The first-order valence-corrected chi connectivity index (χ1v) is 10.3. The lowest BCUT2D eigenvalue weighted by Gasteiger charge is -2.57. The molecule has 31 heavy (non-hydrogen) atoms. The van der Waals surface area contributed by atoms with Crippen LogP contribution in [-0.4, -0.2) is 74.8 Å². The standard InChI is InChI=1S/C23H28N6O2/c1-15-11-12-16(13-24-15)21-25-20(22(30)28-14-19(27(4)5)23(28,2)3)26-29(21)17-9-7-8-10-18(17)31-6/h7-13,19H,14H2,1-6H3. The highest BCUT2D eigenvalue weighted by Crippen LogP contribution is 2.35. The van der Waals surface area contributed by atoms with E-state index in [1.165, 1.54) is 0 Å². The number of carbonyl (C=O) groups excluding carboxylic acids is 1. The van der Waals surface area contributed by atoms with Crippen LogP contribution in [-0.2, 0) is 0 Å². The molecule has 3 aromatic rings. The number of para-hydroxylation sites is 2. The molecule has 1 amide bonds. The second-order valence-electron chi connectivity index (χ2n) is 8.58. The summed E-state index contributed by atoms with van der Waals surface area (Å²) in [6.45, 7) is 6.71. The highest BCUT2D eigenvalue weighted by atomic mass is 16.5. The van der Waals surface area contributed by atoms with Crippen LogP contribution < -0.4 is 4.74 Å². The molecule has 8 nitrogen and oxygen atoms in total. The fraction of sp³-hybridized carbons (Fsp3) is 0.391. The van der Waals surface area contributed by atoms with Crippen LogP contribution in [0, 0.1) is 6.92 Å². The van der Waals surface area contributed by atoms with Gasteiger partial charge in [0, 0.05) is 30.0 Å². The normalized spacial score (nSPS) is 17.5. The van der Waals surface area contributed by atoms with E-state index in [1.807, 2.05) is 62.3 Å². The van der Waals surface area contributed by atoms with Gasteiger partial charge in [-0.1, -0.05) is 12.1 Å². The summed E-state index contributed by atoms with van der Waals surface area (Å²) in [5.41, 5.74) is 2.08. The first kappa shape index (κ1) is 21.0. The van der Waals surface area contributed by atoms with Gasteiger partial charge in [0.2, 0.25) is 5.82 Å². The topological polar surface area (TPSA) is 76.4 Å². The van der Waals surface area contributed by atoms with Gasteiger partial charge in [-0.2, -0.15) is 0 Å². The monoisotopic (exact) mass is 420 g/mol. The number of amides is 1. The Labute approximate surface area is 182 Å². The number of nitrogens with zero attached hydrogens (tertiary/aromatic N) is 6. The fourth-order valence-corrected chi connectivity index (χ4v) is 4.12. The molecular weight excluding hydrogens is 392 g/mol. The summed E-state index contributed by atoms with van der Waals surface area (Å²) < 4.78 is 7.19. The third-order valence-electron chi connectivity index (χ3n) is 6.02. The van der Waals surface area contributed by atoms with Gasteiger partial charge in [0.15, 0.2) is 5.82 Å². The number of rotatable bonds is 5. The van der Waals surface area contributed by atoms with Gasteiger partial charge in [-0.05, 0) is 59.1 Å². The molecule has 0 radical (unpaired) electrons. The number of likely N-dealkylation sites (tertiary alicyclic amines) is 1. The lowest BCUT2D eigenvalue weighted by Crippen LogP contribution is -2.73. The smallest absolute Gasteiger partial charge is 0.294 e. The number of methoxy groups -OCH3 is 1. The van der Waals surface area contributed by atoms with Gasteiger partial charge in [-0.25, -0.2) is 9.67 Å². The van der Waals surface area contributed by atoms with E-state index in [2.05, 4.69) is 33.8 Å². The van der Waals surface area contributed by atoms with Crippen LogP contribution in [0.5, 0.6) is 5.75 Å². The predicted octanol–water partition coefficient (Wildman–Crippen LogP) is 2.81. The number of hydrogen-bond donors (Lipinski definition) is 0. The van der Waals surface area contributed by atoms with E-state index < -0.39 is 0 Å². The second-order valence-corrected chi connectivity index (χ2v) is 8.58. The average Bonchev–Trinajstić information content (AvgIpc) is 3.18. The van der Waals surface area contributed by atoms with Gasteiger partial charge in [-0.15, -0.1) is 5.10 Å². The van der Waals surface area contributed by atoms with E-state index in [0.717, 1.165) is 11.3 Å². The lowest BCUT2D eigenvalue weighted by atomic mass is 9.82. The first-order chi connectivity index (χ1) is 14.7. The van der Waals surface area contributed by atoms with E-state index >= 15 is 0 Å². The minimum Gasteiger partial charge on any atom is -0.494 e.